The van der Waals surface area contributed by atoms with E-state index in [9.17, 15) is 8.42 Å². The van der Waals surface area contributed by atoms with E-state index in [0.717, 1.165) is 0 Å². The molecule has 0 spiro atoms. The van der Waals surface area contributed by atoms with E-state index in [1.807, 2.05) is 0 Å². The molecule has 0 unspecified atom stereocenters. The second kappa shape index (κ2) is 4.60. The Hall–Kier alpha value is -0.450. The average Bonchev–Trinajstić information content (AvgIpc) is 2.12. The van der Waals surface area contributed by atoms with E-state index in [4.69, 9.17) is 23.2 Å². The maximum Gasteiger partial charge on any atom is 0.235 e. The van der Waals surface area contributed by atoms with Gasteiger partial charge in [0.25, 0.3) is 0 Å². The van der Waals surface area contributed by atoms with Gasteiger partial charge < -0.3 is 0 Å². The standard InChI is InChI=1S/C9H11Cl2NO2S/c1-6(2)15(13,14)12-8-5-3-4-7(10)9(8)11/h3-6,12H,1-2H3. The Balaban J connectivity index is 3.06. The fourth-order valence-electron chi connectivity index (χ4n) is 0.854. The summed E-state index contributed by atoms with van der Waals surface area (Å²) in [5.74, 6) is 0. The predicted octanol–water partition coefficient (Wildman–Crippen LogP) is 3.14. The minimum absolute atomic E-state index is 0.211. The van der Waals surface area contributed by atoms with Gasteiger partial charge in [-0.1, -0.05) is 29.3 Å². The number of sulfonamides is 1. The summed E-state index contributed by atoms with van der Waals surface area (Å²) in [4.78, 5) is 0. The van der Waals surface area contributed by atoms with E-state index in [1.54, 1.807) is 32.0 Å². The fourth-order valence-corrected chi connectivity index (χ4v) is 1.97. The molecule has 0 atom stereocenters. The summed E-state index contributed by atoms with van der Waals surface area (Å²) in [5, 5.41) is 0.0107. The minimum atomic E-state index is -3.38. The Morgan fingerprint density at radius 2 is 1.87 bits per heavy atom. The second-order valence-electron chi connectivity index (χ2n) is 3.30. The second-order valence-corrected chi connectivity index (χ2v) is 6.32. The number of nitrogens with one attached hydrogen (secondary N) is 1. The molecule has 0 bridgehead atoms. The summed E-state index contributed by atoms with van der Waals surface area (Å²) in [6.45, 7) is 3.17. The summed E-state index contributed by atoms with van der Waals surface area (Å²) in [6, 6.07) is 4.79. The van der Waals surface area contributed by atoms with E-state index in [2.05, 4.69) is 4.72 Å². The molecule has 0 saturated heterocycles. The number of benzene rings is 1. The van der Waals surface area contributed by atoms with Crippen LogP contribution in [-0.2, 0) is 10.0 Å². The number of halogens is 2. The maximum absolute atomic E-state index is 11.6. The summed E-state index contributed by atoms with van der Waals surface area (Å²) >= 11 is 11.6. The first-order valence-corrected chi connectivity index (χ1v) is 6.60. The molecule has 1 rings (SSSR count). The van der Waals surface area contributed by atoms with Gasteiger partial charge in [0.15, 0.2) is 0 Å². The number of anilines is 1. The lowest BCUT2D eigenvalue weighted by Gasteiger charge is -2.12. The zero-order chi connectivity index (χ0) is 11.6. The smallest absolute Gasteiger partial charge is 0.235 e. The van der Waals surface area contributed by atoms with Gasteiger partial charge in [0.2, 0.25) is 10.0 Å². The molecule has 1 aromatic carbocycles. The lowest BCUT2D eigenvalue weighted by molar-refractivity contribution is 0.593. The molecule has 3 nitrogen and oxygen atoms in total. The molecule has 1 aromatic rings. The number of rotatable bonds is 3. The third-order valence-electron chi connectivity index (χ3n) is 1.82. The molecule has 0 aromatic heterocycles. The first-order chi connectivity index (χ1) is 6.84. The van der Waals surface area contributed by atoms with Crippen molar-refractivity contribution in [1.29, 1.82) is 0 Å². The topological polar surface area (TPSA) is 46.2 Å². The third-order valence-corrected chi connectivity index (χ3v) is 4.39. The molecule has 1 N–H and O–H groups in total. The molecule has 0 aliphatic heterocycles. The third kappa shape index (κ3) is 3.00. The molecular weight excluding hydrogens is 257 g/mol. The van der Waals surface area contributed by atoms with Crippen LogP contribution in [0.5, 0.6) is 0 Å². The van der Waals surface area contributed by atoms with Gasteiger partial charge in [-0.3, -0.25) is 4.72 Å². The van der Waals surface area contributed by atoms with Crippen molar-refractivity contribution in [2.45, 2.75) is 19.1 Å². The van der Waals surface area contributed by atoms with Crippen LogP contribution < -0.4 is 4.72 Å². The highest BCUT2D eigenvalue weighted by molar-refractivity contribution is 7.93. The normalized spacial score (nSPS) is 11.8. The van der Waals surface area contributed by atoms with Gasteiger partial charge in [-0.05, 0) is 26.0 Å². The van der Waals surface area contributed by atoms with E-state index >= 15 is 0 Å². The van der Waals surface area contributed by atoms with Crippen LogP contribution in [-0.4, -0.2) is 13.7 Å². The molecule has 0 heterocycles. The van der Waals surface area contributed by atoms with Gasteiger partial charge in [-0.15, -0.1) is 0 Å². The molecule has 15 heavy (non-hydrogen) atoms. The zero-order valence-electron chi connectivity index (χ0n) is 8.29. The molecule has 0 saturated carbocycles. The fraction of sp³-hybridized carbons (Fsp3) is 0.333. The SMILES string of the molecule is CC(C)S(=O)(=O)Nc1cccc(Cl)c1Cl. The van der Waals surface area contributed by atoms with Crippen LogP contribution >= 0.6 is 23.2 Å². The molecule has 0 aliphatic rings. The van der Waals surface area contributed by atoms with Crippen molar-refractivity contribution < 1.29 is 8.42 Å². The van der Waals surface area contributed by atoms with Gasteiger partial charge in [0, 0.05) is 0 Å². The quantitative estimate of drug-likeness (QED) is 0.915. The summed E-state index contributed by atoms with van der Waals surface area (Å²) < 4.78 is 25.5. The lowest BCUT2D eigenvalue weighted by atomic mass is 10.3. The monoisotopic (exact) mass is 267 g/mol. The Morgan fingerprint density at radius 1 is 1.27 bits per heavy atom. The molecule has 6 heteroatoms. The van der Waals surface area contributed by atoms with Crippen LogP contribution in [0.4, 0.5) is 5.69 Å². The van der Waals surface area contributed by atoms with Gasteiger partial charge in [0.05, 0.1) is 21.0 Å². The molecule has 84 valence electrons. The van der Waals surface area contributed by atoms with Crippen molar-refractivity contribution in [1.82, 2.24) is 0 Å². The zero-order valence-corrected chi connectivity index (χ0v) is 10.6. The lowest BCUT2D eigenvalue weighted by Crippen LogP contribution is -2.22. The van der Waals surface area contributed by atoms with Crippen LogP contribution in [0, 0.1) is 0 Å². The van der Waals surface area contributed by atoms with Crippen molar-refractivity contribution in [2.24, 2.45) is 0 Å². The van der Waals surface area contributed by atoms with Crippen LogP contribution in [0.25, 0.3) is 0 Å². The Kier molecular flexibility index (Phi) is 3.87. The summed E-state index contributed by atoms with van der Waals surface area (Å²) in [5.41, 5.74) is 0.304. The van der Waals surface area contributed by atoms with E-state index in [0.29, 0.717) is 10.7 Å². The Bertz CT molecular complexity index is 457. The van der Waals surface area contributed by atoms with Crippen molar-refractivity contribution in [2.75, 3.05) is 4.72 Å². The number of hydrogen-bond donors (Lipinski definition) is 1. The van der Waals surface area contributed by atoms with Gasteiger partial charge >= 0.3 is 0 Å². The molecule has 0 amide bonds. The van der Waals surface area contributed by atoms with Crippen molar-refractivity contribution in [3.63, 3.8) is 0 Å². The van der Waals surface area contributed by atoms with Gasteiger partial charge in [-0.2, -0.15) is 0 Å². The van der Waals surface area contributed by atoms with Crippen molar-refractivity contribution >= 4 is 38.9 Å². The van der Waals surface area contributed by atoms with Crippen LogP contribution in [0.15, 0.2) is 18.2 Å². The van der Waals surface area contributed by atoms with Crippen LogP contribution in [0.3, 0.4) is 0 Å². The molecular formula is C9H11Cl2NO2S. The van der Waals surface area contributed by atoms with E-state index in [-0.39, 0.29) is 5.02 Å². The first kappa shape index (κ1) is 12.6. The minimum Gasteiger partial charge on any atom is -0.282 e. The highest BCUT2D eigenvalue weighted by Gasteiger charge is 2.17. The highest BCUT2D eigenvalue weighted by atomic mass is 35.5. The summed E-state index contributed by atoms with van der Waals surface area (Å²) in [7, 11) is -3.38. The van der Waals surface area contributed by atoms with Gasteiger partial charge in [0.1, 0.15) is 0 Å². The predicted molar refractivity (Wildman–Crippen MR) is 64.1 cm³/mol. The van der Waals surface area contributed by atoms with Crippen molar-refractivity contribution in [3.05, 3.63) is 28.2 Å². The Morgan fingerprint density at radius 3 is 2.40 bits per heavy atom. The largest absolute Gasteiger partial charge is 0.282 e. The first-order valence-electron chi connectivity index (χ1n) is 4.30. The van der Waals surface area contributed by atoms with Crippen molar-refractivity contribution in [3.8, 4) is 0 Å². The summed E-state index contributed by atoms with van der Waals surface area (Å²) in [6.07, 6.45) is 0. The van der Waals surface area contributed by atoms with Crippen LogP contribution in [0.2, 0.25) is 10.0 Å². The number of hydrogen-bond acceptors (Lipinski definition) is 2. The highest BCUT2D eigenvalue weighted by Crippen LogP contribution is 2.30. The van der Waals surface area contributed by atoms with Gasteiger partial charge in [-0.25, -0.2) is 8.42 Å². The molecule has 0 fully saturated rings. The van der Waals surface area contributed by atoms with E-state index < -0.39 is 15.3 Å². The molecule has 0 aliphatic carbocycles. The maximum atomic E-state index is 11.6. The van der Waals surface area contributed by atoms with Crippen LogP contribution in [0.1, 0.15) is 13.8 Å². The van der Waals surface area contributed by atoms with E-state index in [1.165, 1.54) is 0 Å². The Labute approximate surface area is 99.4 Å². The molecule has 0 radical (unpaired) electrons. The average molecular weight is 268 g/mol.